The van der Waals surface area contributed by atoms with E-state index in [4.69, 9.17) is 27.9 Å². The van der Waals surface area contributed by atoms with Crippen molar-refractivity contribution in [2.45, 2.75) is 28.5 Å². The summed E-state index contributed by atoms with van der Waals surface area (Å²) in [5.74, 6) is -8.98. The highest BCUT2D eigenvalue weighted by Crippen LogP contribution is 2.66. The van der Waals surface area contributed by atoms with E-state index < -0.39 is 80.1 Å². The van der Waals surface area contributed by atoms with Crippen molar-refractivity contribution in [2.24, 2.45) is 17.8 Å². The predicted molar refractivity (Wildman–Crippen MR) is 173 cm³/mol. The van der Waals surface area contributed by atoms with Crippen molar-refractivity contribution in [3.05, 3.63) is 95.3 Å². The Labute approximate surface area is 288 Å². The topological polar surface area (TPSA) is 162 Å². The number of imide groups is 2. The zero-order valence-electron chi connectivity index (χ0n) is 25.4. The summed E-state index contributed by atoms with van der Waals surface area (Å²) in [6.07, 6.45) is 1.54. The molecule has 0 spiro atoms. The highest BCUT2D eigenvalue weighted by Gasteiger charge is 2.76. The van der Waals surface area contributed by atoms with Crippen LogP contribution in [0.2, 0.25) is 0 Å². The number of benzene rings is 3. The summed E-state index contributed by atoms with van der Waals surface area (Å²) in [5.41, 5.74) is 0.613. The smallest absolute Gasteiger partial charge is 0.339 e. The van der Waals surface area contributed by atoms with Gasteiger partial charge in [-0.05, 0) is 72.9 Å². The van der Waals surface area contributed by atoms with Crippen LogP contribution in [0.15, 0.2) is 78.4 Å². The molecule has 2 heterocycles. The van der Waals surface area contributed by atoms with Gasteiger partial charge in [0.15, 0.2) is 9.75 Å². The molecule has 3 fully saturated rings. The molecule has 1 saturated carbocycles. The first-order valence-corrected chi connectivity index (χ1v) is 16.1. The van der Waals surface area contributed by atoms with E-state index in [-0.39, 0.29) is 37.4 Å². The van der Waals surface area contributed by atoms with Crippen LogP contribution in [0.1, 0.15) is 34.7 Å². The molecular formula is C35H27Cl2FN2O9. The molecular weight excluding hydrogens is 682 g/mol. The second-order valence-electron chi connectivity index (χ2n) is 12.4. The van der Waals surface area contributed by atoms with Crippen molar-refractivity contribution in [1.29, 1.82) is 0 Å². The Balaban J connectivity index is 1.35. The van der Waals surface area contributed by atoms with Gasteiger partial charge in [-0.1, -0.05) is 23.8 Å². The number of hydrogen-bond donors (Lipinski definition) is 3. The summed E-state index contributed by atoms with van der Waals surface area (Å²) in [4.78, 5) is 65.8. The number of carboxylic acids is 1. The van der Waals surface area contributed by atoms with Gasteiger partial charge in [0, 0.05) is 12.0 Å². The third-order valence-electron chi connectivity index (χ3n) is 9.94. The largest absolute Gasteiger partial charge is 0.507 e. The molecule has 0 radical (unpaired) electrons. The summed E-state index contributed by atoms with van der Waals surface area (Å²) < 4.78 is 19.4. The van der Waals surface area contributed by atoms with E-state index >= 15 is 0 Å². The number of hydrogen-bond acceptors (Lipinski definition) is 8. The first-order valence-electron chi connectivity index (χ1n) is 15.3. The standard InChI is InChI=1S/C35H27Cl2FN2O9/c36-34-16-25-22(11-12-24-27(25)30(44)39(29(24)43)20-7-10-23(31(45)46)26(42)15-20)28(17-1-8-21(9-2-17)49-14-13-41)35(34,37)33(48)40(32(34)47)19-5-3-18(38)4-6-19/h1-11,15,24-25,27-28,41-42H,12-14,16H2,(H,45,46). The molecule has 4 amide bonds. The molecule has 0 aromatic heterocycles. The molecule has 252 valence electrons. The van der Waals surface area contributed by atoms with Crippen LogP contribution in [0.4, 0.5) is 15.8 Å². The van der Waals surface area contributed by atoms with Crippen LogP contribution in [-0.4, -0.2) is 67.9 Å². The molecule has 6 atom stereocenters. The average molecular weight is 710 g/mol. The molecule has 3 aromatic rings. The molecule has 49 heavy (non-hydrogen) atoms. The number of ether oxygens (including phenoxy) is 1. The lowest BCUT2D eigenvalue weighted by Gasteiger charge is -2.50. The average Bonchev–Trinajstić information content (AvgIpc) is 3.42. The minimum atomic E-state index is -2.13. The zero-order valence-corrected chi connectivity index (χ0v) is 26.9. The number of allylic oxidation sites excluding steroid dienone is 2. The normalized spacial score (nSPS) is 29.0. The monoisotopic (exact) mass is 708 g/mol. The number of carboxylic acid groups (broad SMARTS) is 1. The van der Waals surface area contributed by atoms with Gasteiger partial charge in [0.25, 0.3) is 11.8 Å². The second kappa shape index (κ2) is 11.7. The molecule has 11 nitrogen and oxygen atoms in total. The Bertz CT molecular complexity index is 1970. The number of carbonyl (C=O) groups is 5. The number of halogens is 3. The van der Waals surface area contributed by atoms with Crippen LogP contribution < -0.4 is 14.5 Å². The summed E-state index contributed by atoms with van der Waals surface area (Å²) in [5, 5.41) is 28.8. The van der Waals surface area contributed by atoms with Gasteiger partial charge >= 0.3 is 5.97 Å². The molecule has 2 aliphatic carbocycles. The summed E-state index contributed by atoms with van der Waals surface area (Å²) >= 11 is 14.7. The van der Waals surface area contributed by atoms with E-state index in [1.54, 1.807) is 30.3 Å². The maximum absolute atomic E-state index is 14.4. The van der Waals surface area contributed by atoms with Crippen molar-refractivity contribution in [3.8, 4) is 11.5 Å². The number of fused-ring (bicyclic) bond motifs is 4. The van der Waals surface area contributed by atoms with Crippen molar-refractivity contribution in [3.63, 3.8) is 0 Å². The van der Waals surface area contributed by atoms with Gasteiger partial charge in [-0.2, -0.15) is 0 Å². The fourth-order valence-corrected chi connectivity index (χ4v) is 8.72. The first kappa shape index (κ1) is 32.8. The van der Waals surface area contributed by atoms with Crippen LogP contribution in [0.25, 0.3) is 0 Å². The van der Waals surface area contributed by atoms with Crippen molar-refractivity contribution >= 4 is 64.2 Å². The molecule has 2 saturated heterocycles. The Morgan fingerprint density at radius 1 is 0.898 bits per heavy atom. The van der Waals surface area contributed by atoms with Gasteiger partial charge in [0.1, 0.15) is 29.5 Å². The van der Waals surface area contributed by atoms with Gasteiger partial charge in [-0.3, -0.25) is 19.2 Å². The summed E-state index contributed by atoms with van der Waals surface area (Å²) in [6, 6.07) is 14.6. The molecule has 3 aromatic carbocycles. The first-order chi connectivity index (χ1) is 23.3. The van der Waals surface area contributed by atoms with Gasteiger partial charge < -0.3 is 20.1 Å². The highest BCUT2D eigenvalue weighted by atomic mass is 35.5. The number of phenols is 1. The van der Waals surface area contributed by atoms with Gasteiger partial charge in [0.2, 0.25) is 11.8 Å². The Morgan fingerprint density at radius 2 is 1.57 bits per heavy atom. The van der Waals surface area contributed by atoms with E-state index in [0.717, 1.165) is 34.1 Å². The molecule has 2 aliphatic heterocycles. The minimum absolute atomic E-state index is 0.0267. The Kier molecular flexibility index (Phi) is 7.81. The fourth-order valence-electron chi connectivity index (χ4n) is 7.79. The number of alkyl halides is 2. The molecule has 4 aliphatic rings. The number of aromatic carboxylic acids is 1. The zero-order chi connectivity index (χ0) is 35.0. The van der Waals surface area contributed by atoms with Crippen molar-refractivity contribution in [2.75, 3.05) is 23.0 Å². The number of aliphatic hydroxyl groups excluding tert-OH is 1. The molecule has 7 rings (SSSR count). The second-order valence-corrected chi connectivity index (χ2v) is 13.7. The molecule has 6 unspecified atom stereocenters. The third kappa shape index (κ3) is 4.68. The lowest BCUT2D eigenvalue weighted by atomic mass is 9.56. The maximum atomic E-state index is 14.4. The molecule has 3 N–H and O–H groups in total. The van der Waals surface area contributed by atoms with Crippen molar-refractivity contribution < 1.29 is 48.4 Å². The number of aliphatic hydroxyl groups is 1. The Hall–Kier alpha value is -4.78. The molecule has 14 heteroatoms. The van der Waals surface area contributed by atoms with E-state index in [9.17, 15) is 43.7 Å². The summed E-state index contributed by atoms with van der Waals surface area (Å²) in [6.45, 7) is -0.184. The Morgan fingerprint density at radius 3 is 2.20 bits per heavy atom. The van der Waals surface area contributed by atoms with Gasteiger partial charge in [-0.25, -0.2) is 19.0 Å². The van der Waals surface area contributed by atoms with Gasteiger partial charge in [0.05, 0.1) is 29.8 Å². The predicted octanol–water partition coefficient (Wildman–Crippen LogP) is 4.37. The van der Waals surface area contributed by atoms with Crippen LogP contribution in [0, 0.1) is 23.6 Å². The number of rotatable bonds is 7. The van der Waals surface area contributed by atoms with E-state index in [1.807, 2.05) is 0 Å². The fraction of sp³-hybridized carbons (Fsp3) is 0.286. The van der Waals surface area contributed by atoms with Gasteiger partial charge in [-0.15, -0.1) is 23.2 Å². The number of anilines is 2. The highest BCUT2D eigenvalue weighted by molar-refractivity contribution is 6.58. The number of aromatic hydroxyl groups is 1. The maximum Gasteiger partial charge on any atom is 0.339 e. The van der Waals surface area contributed by atoms with E-state index in [1.165, 1.54) is 18.2 Å². The quantitative estimate of drug-likeness (QED) is 0.184. The number of carbonyl (C=O) groups excluding carboxylic acids is 4. The lowest BCUT2D eigenvalue weighted by Crippen LogP contribution is -2.60. The van der Waals surface area contributed by atoms with Crippen LogP contribution in [0.3, 0.4) is 0 Å². The number of nitrogens with zero attached hydrogens (tertiary/aromatic N) is 2. The number of amides is 4. The summed E-state index contributed by atoms with van der Waals surface area (Å²) in [7, 11) is 0. The van der Waals surface area contributed by atoms with Crippen molar-refractivity contribution in [1.82, 2.24) is 0 Å². The third-order valence-corrected chi connectivity index (χ3v) is 11.4. The SMILES string of the molecule is O=C(O)c1ccc(N2C(=O)C3CC=C4C(CC5(Cl)C(=O)N(c6ccc(F)cc6)C(=O)C5(Cl)C4c4ccc(OCCO)cc4)C3C2=O)cc1O. The van der Waals surface area contributed by atoms with Crippen LogP contribution >= 0.6 is 23.2 Å². The molecule has 0 bridgehead atoms. The van der Waals surface area contributed by atoms with E-state index in [2.05, 4.69) is 0 Å². The minimum Gasteiger partial charge on any atom is -0.507 e. The van der Waals surface area contributed by atoms with E-state index in [0.29, 0.717) is 16.9 Å². The van der Waals surface area contributed by atoms with Crippen LogP contribution in [-0.2, 0) is 19.2 Å². The van der Waals surface area contributed by atoms with Crippen LogP contribution in [0.5, 0.6) is 11.5 Å². The lowest BCUT2D eigenvalue weighted by molar-refractivity contribution is -0.125.